The molecule has 1 fully saturated rings. The van der Waals surface area contributed by atoms with Gasteiger partial charge in [0.2, 0.25) is 0 Å². The Hall–Kier alpha value is -1.35. The summed E-state index contributed by atoms with van der Waals surface area (Å²) in [5.74, 6) is 2.28. The third-order valence-electron chi connectivity index (χ3n) is 4.20. The van der Waals surface area contributed by atoms with E-state index >= 15 is 0 Å². The molecule has 106 valence electrons. The lowest BCUT2D eigenvalue weighted by Gasteiger charge is -2.40. The fraction of sp³-hybridized carbons (Fsp3) is 0.500. The van der Waals surface area contributed by atoms with Gasteiger partial charge in [-0.25, -0.2) is 9.97 Å². The Bertz CT molecular complexity index is 633. The molecule has 3 heterocycles. The quantitative estimate of drug-likeness (QED) is 0.791. The van der Waals surface area contributed by atoms with E-state index in [-0.39, 0.29) is 0 Å². The highest BCUT2D eigenvalue weighted by Gasteiger charge is 2.27. The van der Waals surface area contributed by atoms with Crippen molar-refractivity contribution in [3.63, 3.8) is 0 Å². The molecule has 3 rings (SSSR count). The second-order valence-corrected chi connectivity index (χ2v) is 6.31. The van der Waals surface area contributed by atoms with E-state index in [9.17, 15) is 0 Å². The minimum Gasteiger partial charge on any atom is -0.355 e. The maximum atomic E-state index is 6.08. The van der Waals surface area contributed by atoms with Gasteiger partial charge < -0.3 is 4.90 Å². The fourth-order valence-corrected chi connectivity index (χ4v) is 2.99. The number of rotatable bonds is 3. The summed E-state index contributed by atoms with van der Waals surface area (Å²) < 4.78 is 0. The first-order valence-corrected chi connectivity index (χ1v) is 7.67. The first kappa shape index (κ1) is 13.6. The maximum Gasteiger partial charge on any atom is 0.138 e. The predicted molar refractivity (Wildman–Crippen MR) is 84.6 cm³/mol. The van der Waals surface area contributed by atoms with Crippen molar-refractivity contribution in [3.05, 3.63) is 29.2 Å². The monoisotopic (exact) mass is 289 g/mol. The van der Waals surface area contributed by atoms with Gasteiger partial charge in [0, 0.05) is 30.9 Å². The highest BCUT2D eigenvalue weighted by molar-refractivity contribution is 6.30. The summed E-state index contributed by atoms with van der Waals surface area (Å²) in [5, 5.41) is 2.85. The lowest BCUT2D eigenvalue weighted by molar-refractivity contribution is 0.397. The summed E-state index contributed by atoms with van der Waals surface area (Å²) in [5.41, 5.74) is 1.24. The number of halogens is 1. The lowest BCUT2D eigenvalue weighted by atomic mass is 9.95. The number of nitrogens with zero attached hydrogens (tertiary/aromatic N) is 3. The number of fused-ring (bicyclic) bond motifs is 1. The second kappa shape index (κ2) is 5.21. The smallest absolute Gasteiger partial charge is 0.138 e. The lowest BCUT2D eigenvalue weighted by Crippen LogP contribution is -2.46. The number of hydrogen-bond donors (Lipinski definition) is 0. The highest BCUT2D eigenvalue weighted by Crippen LogP contribution is 2.34. The zero-order valence-corrected chi connectivity index (χ0v) is 13.0. The molecule has 4 heteroatoms. The van der Waals surface area contributed by atoms with E-state index in [1.807, 2.05) is 18.5 Å². The molecule has 2 aromatic rings. The van der Waals surface area contributed by atoms with E-state index in [2.05, 4.69) is 30.7 Å². The van der Waals surface area contributed by atoms with Crippen LogP contribution in [0.25, 0.3) is 10.8 Å². The van der Waals surface area contributed by atoms with E-state index in [0.717, 1.165) is 30.2 Å². The van der Waals surface area contributed by atoms with Crippen molar-refractivity contribution in [3.8, 4) is 0 Å². The molecule has 0 N–H and O–H groups in total. The summed E-state index contributed by atoms with van der Waals surface area (Å²) in [7, 11) is 0. The van der Waals surface area contributed by atoms with Crippen LogP contribution in [0.5, 0.6) is 0 Å². The fourth-order valence-electron chi connectivity index (χ4n) is 2.83. The molecule has 1 aliphatic rings. The minimum absolute atomic E-state index is 0.428. The molecule has 1 saturated heterocycles. The molecular weight excluding hydrogens is 270 g/mol. The van der Waals surface area contributed by atoms with E-state index < -0.39 is 0 Å². The van der Waals surface area contributed by atoms with E-state index in [1.54, 1.807) is 0 Å². The van der Waals surface area contributed by atoms with Gasteiger partial charge in [-0.05, 0) is 35.3 Å². The van der Waals surface area contributed by atoms with Gasteiger partial charge in [-0.2, -0.15) is 0 Å². The average molecular weight is 290 g/mol. The SMILES string of the molecule is CCC1CN(c2ncc(C(C)C)c3cc(Cl)ncc23)C1. The first-order valence-electron chi connectivity index (χ1n) is 7.29. The first-order chi connectivity index (χ1) is 9.60. The molecule has 1 aliphatic heterocycles. The van der Waals surface area contributed by atoms with Crippen LogP contribution in [-0.4, -0.2) is 23.1 Å². The van der Waals surface area contributed by atoms with Crippen LogP contribution in [0.2, 0.25) is 5.15 Å². The van der Waals surface area contributed by atoms with Gasteiger partial charge in [-0.3, -0.25) is 0 Å². The number of anilines is 1. The van der Waals surface area contributed by atoms with Gasteiger partial charge in [-0.15, -0.1) is 0 Å². The highest BCUT2D eigenvalue weighted by atomic mass is 35.5. The molecule has 2 aromatic heterocycles. The average Bonchev–Trinajstić information content (AvgIpc) is 2.36. The van der Waals surface area contributed by atoms with Crippen molar-refractivity contribution in [2.45, 2.75) is 33.1 Å². The summed E-state index contributed by atoms with van der Waals surface area (Å²) in [6.07, 6.45) is 5.10. The second-order valence-electron chi connectivity index (χ2n) is 5.92. The van der Waals surface area contributed by atoms with Crippen molar-refractivity contribution in [2.24, 2.45) is 5.92 Å². The normalized spacial score (nSPS) is 15.9. The summed E-state index contributed by atoms with van der Waals surface area (Å²) in [6.45, 7) is 8.81. The molecular formula is C16H20ClN3. The van der Waals surface area contributed by atoms with Crippen molar-refractivity contribution in [2.75, 3.05) is 18.0 Å². The Morgan fingerprint density at radius 1 is 1.25 bits per heavy atom. The van der Waals surface area contributed by atoms with Crippen molar-refractivity contribution >= 4 is 28.2 Å². The number of aromatic nitrogens is 2. The number of pyridine rings is 2. The van der Waals surface area contributed by atoms with Crippen molar-refractivity contribution < 1.29 is 0 Å². The molecule has 0 amide bonds. The van der Waals surface area contributed by atoms with Gasteiger partial charge in [0.15, 0.2) is 0 Å². The van der Waals surface area contributed by atoms with E-state index in [0.29, 0.717) is 11.1 Å². The molecule has 0 bridgehead atoms. The number of hydrogen-bond acceptors (Lipinski definition) is 3. The van der Waals surface area contributed by atoms with Crippen molar-refractivity contribution in [1.82, 2.24) is 9.97 Å². The molecule has 20 heavy (non-hydrogen) atoms. The maximum absolute atomic E-state index is 6.08. The van der Waals surface area contributed by atoms with Crippen LogP contribution < -0.4 is 4.90 Å². The largest absolute Gasteiger partial charge is 0.355 e. The third kappa shape index (κ3) is 2.24. The minimum atomic E-state index is 0.428. The van der Waals surface area contributed by atoms with Crippen LogP contribution in [-0.2, 0) is 0 Å². The molecule has 0 unspecified atom stereocenters. The van der Waals surface area contributed by atoms with Crippen molar-refractivity contribution in [1.29, 1.82) is 0 Å². The Labute approximate surface area is 125 Å². The topological polar surface area (TPSA) is 29.0 Å². The molecule has 3 nitrogen and oxygen atoms in total. The van der Waals surface area contributed by atoms with Gasteiger partial charge in [-0.1, -0.05) is 32.4 Å². The van der Waals surface area contributed by atoms with Crippen LogP contribution in [0.1, 0.15) is 38.7 Å². The zero-order valence-electron chi connectivity index (χ0n) is 12.2. The molecule has 0 saturated carbocycles. The van der Waals surface area contributed by atoms with Gasteiger partial charge in [0.05, 0.1) is 0 Å². The van der Waals surface area contributed by atoms with Crippen LogP contribution in [0.15, 0.2) is 18.5 Å². The molecule has 0 aromatic carbocycles. The zero-order chi connectivity index (χ0) is 14.3. The summed E-state index contributed by atoms with van der Waals surface area (Å²) >= 11 is 6.08. The van der Waals surface area contributed by atoms with Crippen LogP contribution in [0.3, 0.4) is 0 Å². The van der Waals surface area contributed by atoms with Crippen LogP contribution in [0.4, 0.5) is 5.82 Å². The summed E-state index contributed by atoms with van der Waals surface area (Å²) in [4.78, 5) is 11.3. The molecule has 0 spiro atoms. The van der Waals surface area contributed by atoms with E-state index in [4.69, 9.17) is 16.6 Å². The standard InChI is InChI=1S/C16H20ClN3/c1-4-11-8-20(9-11)16-14-7-18-15(17)5-12(14)13(6-19-16)10(2)3/h5-7,10-11H,4,8-9H2,1-3H3. The molecule has 0 aliphatic carbocycles. The Kier molecular flexibility index (Phi) is 3.55. The third-order valence-corrected chi connectivity index (χ3v) is 4.41. The Morgan fingerprint density at radius 2 is 2.00 bits per heavy atom. The van der Waals surface area contributed by atoms with Gasteiger partial charge in [0.1, 0.15) is 11.0 Å². The summed E-state index contributed by atoms with van der Waals surface area (Å²) in [6, 6.07) is 1.97. The molecule has 0 atom stereocenters. The molecule has 0 radical (unpaired) electrons. The van der Waals surface area contributed by atoms with Crippen LogP contribution >= 0.6 is 11.6 Å². The Morgan fingerprint density at radius 3 is 2.65 bits per heavy atom. The Balaban J connectivity index is 2.09. The van der Waals surface area contributed by atoms with Crippen LogP contribution in [0, 0.1) is 5.92 Å². The van der Waals surface area contributed by atoms with Gasteiger partial charge in [0.25, 0.3) is 0 Å². The predicted octanol–water partition coefficient (Wildman–Crippen LogP) is 4.25. The van der Waals surface area contributed by atoms with E-state index in [1.165, 1.54) is 17.4 Å². The van der Waals surface area contributed by atoms with Gasteiger partial charge >= 0.3 is 0 Å².